The molecule has 0 atom stereocenters. The van der Waals surface area contributed by atoms with Crippen LogP contribution in [-0.2, 0) is 9.53 Å². The molecular weight excluding hydrogens is 276 g/mol. The summed E-state index contributed by atoms with van der Waals surface area (Å²) in [5.74, 6) is 1.82. The lowest BCUT2D eigenvalue weighted by Gasteiger charge is -2.23. The van der Waals surface area contributed by atoms with E-state index in [1.54, 1.807) is 0 Å². The summed E-state index contributed by atoms with van der Waals surface area (Å²) in [6, 6.07) is 0. The number of hydrogen-bond acceptors (Lipinski definition) is 3. The first-order valence-electron chi connectivity index (χ1n) is 7.78. The molecule has 0 radical (unpaired) electrons. The summed E-state index contributed by atoms with van der Waals surface area (Å²) < 4.78 is 5.57. The number of carbonyl (C=O) groups excluding carboxylic acids is 1. The quantitative estimate of drug-likeness (QED) is 0.698. The monoisotopic (exact) mass is 304 g/mol. The summed E-state index contributed by atoms with van der Waals surface area (Å²) in [5, 5.41) is 3.36. The van der Waals surface area contributed by atoms with Gasteiger partial charge in [0.2, 0.25) is 5.91 Å². The maximum Gasteiger partial charge on any atom is 0.222 e. The summed E-state index contributed by atoms with van der Waals surface area (Å²) in [4.78, 5) is 13.8. The molecule has 0 bridgehead atoms. The van der Waals surface area contributed by atoms with Crippen LogP contribution in [0.25, 0.3) is 0 Å². The number of likely N-dealkylation sites (N-methyl/N-ethyl adjacent to an activating group) is 1. The molecule has 2 aliphatic rings. The molecule has 0 unspecified atom stereocenters. The van der Waals surface area contributed by atoms with E-state index < -0.39 is 0 Å². The second-order valence-corrected chi connectivity index (χ2v) is 6.07. The minimum Gasteiger partial charge on any atom is -0.379 e. The number of amides is 1. The molecule has 4 nitrogen and oxygen atoms in total. The van der Waals surface area contributed by atoms with Gasteiger partial charge in [-0.25, -0.2) is 0 Å². The van der Waals surface area contributed by atoms with Crippen LogP contribution in [0, 0.1) is 11.8 Å². The Morgan fingerprint density at radius 1 is 1.20 bits per heavy atom. The van der Waals surface area contributed by atoms with Crippen LogP contribution >= 0.6 is 12.4 Å². The number of ether oxygens (including phenoxy) is 1. The topological polar surface area (TPSA) is 41.6 Å². The lowest BCUT2D eigenvalue weighted by Crippen LogP contribution is -2.32. The zero-order valence-electron chi connectivity index (χ0n) is 12.6. The van der Waals surface area contributed by atoms with E-state index in [-0.39, 0.29) is 18.3 Å². The minimum absolute atomic E-state index is 0. The molecule has 1 amide bonds. The summed E-state index contributed by atoms with van der Waals surface area (Å²) in [6.45, 7) is 4.54. The maximum atomic E-state index is 12.0. The number of piperidine rings is 1. The Hall–Kier alpha value is -0.320. The summed E-state index contributed by atoms with van der Waals surface area (Å²) >= 11 is 0. The van der Waals surface area contributed by atoms with E-state index in [2.05, 4.69) is 5.32 Å². The van der Waals surface area contributed by atoms with E-state index >= 15 is 0 Å². The van der Waals surface area contributed by atoms with Crippen molar-refractivity contribution in [1.82, 2.24) is 10.2 Å². The van der Waals surface area contributed by atoms with Crippen LogP contribution < -0.4 is 5.32 Å². The van der Waals surface area contributed by atoms with Gasteiger partial charge in [-0.3, -0.25) is 4.79 Å². The maximum absolute atomic E-state index is 12.0. The van der Waals surface area contributed by atoms with Gasteiger partial charge in [0.25, 0.3) is 0 Å². The fraction of sp³-hybridized carbons (Fsp3) is 0.933. The van der Waals surface area contributed by atoms with Crippen molar-refractivity contribution in [3.05, 3.63) is 0 Å². The van der Waals surface area contributed by atoms with Crippen molar-refractivity contribution in [3.8, 4) is 0 Å². The van der Waals surface area contributed by atoms with Gasteiger partial charge in [-0.2, -0.15) is 0 Å². The average molecular weight is 305 g/mol. The minimum atomic E-state index is 0. The van der Waals surface area contributed by atoms with Crippen LogP contribution in [-0.4, -0.2) is 50.7 Å². The second kappa shape index (κ2) is 9.59. The molecule has 1 aliphatic heterocycles. The van der Waals surface area contributed by atoms with Gasteiger partial charge in [-0.1, -0.05) is 0 Å². The number of rotatable bonds is 8. The summed E-state index contributed by atoms with van der Waals surface area (Å²) in [5.41, 5.74) is 0. The van der Waals surface area contributed by atoms with Gasteiger partial charge >= 0.3 is 0 Å². The molecule has 2 fully saturated rings. The Morgan fingerprint density at radius 2 is 1.90 bits per heavy atom. The molecule has 0 spiro atoms. The van der Waals surface area contributed by atoms with Crippen LogP contribution in [0.3, 0.4) is 0 Å². The van der Waals surface area contributed by atoms with Crippen LogP contribution in [0.15, 0.2) is 0 Å². The molecule has 1 heterocycles. The Morgan fingerprint density at radius 3 is 2.55 bits per heavy atom. The third-order valence-corrected chi connectivity index (χ3v) is 4.27. The van der Waals surface area contributed by atoms with Crippen LogP contribution in [0.1, 0.15) is 38.5 Å². The molecule has 1 saturated heterocycles. The SMILES string of the molecule is CN(CCOCC1CC1)C(=O)CCC1CCNCC1.Cl. The number of halogens is 1. The number of nitrogens with one attached hydrogen (secondary N) is 1. The molecule has 20 heavy (non-hydrogen) atoms. The van der Waals surface area contributed by atoms with E-state index in [1.807, 2.05) is 11.9 Å². The fourth-order valence-corrected chi connectivity index (χ4v) is 2.55. The smallest absolute Gasteiger partial charge is 0.222 e. The van der Waals surface area contributed by atoms with Gasteiger partial charge in [0.1, 0.15) is 0 Å². The van der Waals surface area contributed by atoms with Crippen LogP contribution in [0.4, 0.5) is 0 Å². The van der Waals surface area contributed by atoms with E-state index in [0.29, 0.717) is 13.0 Å². The van der Waals surface area contributed by atoms with E-state index in [1.165, 1.54) is 25.7 Å². The van der Waals surface area contributed by atoms with Crippen molar-refractivity contribution in [3.63, 3.8) is 0 Å². The Balaban J connectivity index is 0.00000200. The predicted octanol–water partition coefficient (Wildman–Crippen LogP) is 2.07. The Kier molecular flexibility index (Phi) is 8.50. The van der Waals surface area contributed by atoms with Crippen molar-refractivity contribution < 1.29 is 9.53 Å². The van der Waals surface area contributed by atoms with Gasteiger partial charge < -0.3 is 15.0 Å². The third kappa shape index (κ3) is 6.91. The molecule has 5 heteroatoms. The highest BCUT2D eigenvalue weighted by Gasteiger charge is 2.21. The zero-order chi connectivity index (χ0) is 13.5. The molecule has 0 aromatic heterocycles. The Labute approximate surface area is 129 Å². The highest BCUT2D eigenvalue weighted by Crippen LogP contribution is 2.28. The van der Waals surface area contributed by atoms with Crippen LogP contribution in [0.5, 0.6) is 0 Å². The summed E-state index contributed by atoms with van der Waals surface area (Å²) in [6.07, 6.45) is 6.84. The van der Waals surface area contributed by atoms with Crippen LogP contribution in [0.2, 0.25) is 0 Å². The van der Waals surface area contributed by atoms with Gasteiger partial charge in [-0.05, 0) is 57.0 Å². The zero-order valence-corrected chi connectivity index (χ0v) is 13.4. The number of hydrogen-bond donors (Lipinski definition) is 1. The third-order valence-electron chi connectivity index (χ3n) is 4.27. The van der Waals surface area contributed by atoms with Gasteiger partial charge in [0, 0.05) is 26.6 Å². The molecule has 1 aliphatic carbocycles. The standard InChI is InChI=1S/C15H28N2O2.ClH/c1-17(10-11-19-12-14-2-3-14)15(18)5-4-13-6-8-16-9-7-13;/h13-14,16H,2-12H2,1H3;1H. The highest BCUT2D eigenvalue weighted by molar-refractivity contribution is 5.85. The molecule has 0 aromatic carbocycles. The average Bonchev–Trinajstić information content (AvgIpc) is 3.26. The first kappa shape index (κ1) is 17.7. The first-order chi connectivity index (χ1) is 9.25. The number of nitrogens with zero attached hydrogens (tertiary/aromatic N) is 1. The second-order valence-electron chi connectivity index (χ2n) is 6.07. The molecule has 1 saturated carbocycles. The molecule has 0 aromatic rings. The lowest BCUT2D eigenvalue weighted by molar-refractivity contribution is -0.130. The van der Waals surface area contributed by atoms with E-state index in [9.17, 15) is 4.79 Å². The van der Waals surface area contributed by atoms with Crippen molar-refractivity contribution in [2.24, 2.45) is 11.8 Å². The van der Waals surface area contributed by atoms with Crippen molar-refractivity contribution >= 4 is 18.3 Å². The van der Waals surface area contributed by atoms with Gasteiger partial charge in [-0.15, -0.1) is 12.4 Å². The predicted molar refractivity (Wildman–Crippen MR) is 83.3 cm³/mol. The van der Waals surface area contributed by atoms with E-state index in [4.69, 9.17) is 4.74 Å². The van der Waals surface area contributed by atoms with Crippen molar-refractivity contribution in [2.75, 3.05) is 39.9 Å². The lowest BCUT2D eigenvalue weighted by atomic mass is 9.93. The van der Waals surface area contributed by atoms with Crippen molar-refractivity contribution in [1.29, 1.82) is 0 Å². The Bertz CT molecular complexity index is 279. The highest BCUT2D eigenvalue weighted by atomic mass is 35.5. The van der Waals surface area contributed by atoms with Crippen molar-refractivity contribution in [2.45, 2.75) is 38.5 Å². The molecule has 1 N–H and O–H groups in total. The summed E-state index contributed by atoms with van der Waals surface area (Å²) in [7, 11) is 1.89. The molecule has 2 rings (SSSR count). The normalized spacial score (nSPS) is 19.4. The van der Waals surface area contributed by atoms with Gasteiger partial charge in [0.05, 0.1) is 6.61 Å². The van der Waals surface area contributed by atoms with Gasteiger partial charge in [0.15, 0.2) is 0 Å². The first-order valence-corrected chi connectivity index (χ1v) is 7.78. The fourth-order valence-electron chi connectivity index (χ4n) is 2.55. The molecule has 118 valence electrons. The van der Waals surface area contributed by atoms with E-state index in [0.717, 1.165) is 44.5 Å². The number of carbonyl (C=O) groups is 1. The largest absolute Gasteiger partial charge is 0.379 e. The molecular formula is C15H29ClN2O2.